The zero-order chi connectivity index (χ0) is 13.8. The summed E-state index contributed by atoms with van der Waals surface area (Å²) in [5, 5.41) is 17.5. The number of hydrogen-bond acceptors (Lipinski definition) is 6. The Balaban J connectivity index is 1.93. The van der Waals surface area contributed by atoms with Crippen LogP contribution in [0.15, 0.2) is 22.7 Å². The summed E-state index contributed by atoms with van der Waals surface area (Å²) in [6.07, 6.45) is 0.608. The number of hydrogen-bond donors (Lipinski definition) is 1. The molecule has 0 amide bonds. The lowest BCUT2D eigenvalue weighted by Crippen LogP contribution is -2.05. The molecule has 0 atom stereocenters. The zero-order valence-electron chi connectivity index (χ0n) is 10.7. The highest BCUT2D eigenvalue weighted by atomic mass is 16.6. The molecule has 7 heteroatoms. The second-order valence-corrected chi connectivity index (χ2v) is 4.17. The number of nitro groups is 1. The van der Waals surface area contributed by atoms with E-state index in [1.807, 2.05) is 0 Å². The van der Waals surface area contributed by atoms with E-state index in [-0.39, 0.29) is 10.6 Å². The molecule has 2 rings (SSSR count). The zero-order valence-corrected chi connectivity index (χ0v) is 10.7. The minimum Gasteiger partial charge on any atom is -0.385 e. The highest BCUT2D eigenvalue weighted by Crippen LogP contribution is 2.21. The quantitative estimate of drug-likeness (QED) is 0.656. The van der Waals surface area contributed by atoms with Crippen molar-refractivity contribution in [3.63, 3.8) is 0 Å². The smallest absolute Gasteiger partial charge is 0.272 e. The van der Waals surface area contributed by atoms with Crippen LogP contribution in [-0.2, 0) is 6.42 Å². The second-order valence-electron chi connectivity index (χ2n) is 4.17. The molecule has 19 heavy (non-hydrogen) atoms. The number of nitrogens with one attached hydrogen (secondary N) is 1. The van der Waals surface area contributed by atoms with Crippen LogP contribution in [0.3, 0.4) is 0 Å². The lowest BCUT2D eigenvalue weighted by molar-refractivity contribution is -0.385. The normalized spacial score (nSPS) is 10.4. The summed E-state index contributed by atoms with van der Waals surface area (Å²) in [6.45, 7) is 4.10. The fourth-order valence-corrected chi connectivity index (χ4v) is 1.73. The molecule has 1 aromatic heterocycles. The molecule has 7 nitrogen and oxygen atoms in total. The average Bonchev–Trinajstić information content (AvgIpc) is 2.75. The summed E-state index contributed by atoms with van der Waals surface area (Å²) in [7, 11) is 0. The summed E-state index contributed by atoms with van der Waals surface area (Å²) in [6, 6.07) is 4.93. The van der Waals surface area contributed by atoms with Gasteiger partial charge < -0.3 is 9.84 Å². The Morgan fingerprint density at radius 2 is 2.21 bits per heavy atom. The highest BCUT2D eigenvalue weighted by molar-refractivity contribution is 5.53. The lowest BCUT2D eigenvalue weighted by Gasteiger charge is -2.05. The van der Waals surface area contributed by atoms with E-state index in [0.29, 0.717) is 30.2 Å². The number of nitrogens with zero attached hydrogens (tertiary/aromatic N) is 3. The van der Waals surface area contributed by atoms with Gasteiger partial charge in [0.15, 0.2) is 5.82 Å². The molecular formula is C12H14N4O3. The van der Waals surface area contributed by atoms with Gasteiger partial charge in [0.05, 0.1) is 4.92 Å². The van der Waals surface area contributed by atoms with Crippen LogP contribution < -0.4 is 5.32 Å². The van der Waals surface area contributed by atoms with E-state index in [1.54, 1.807) is 26.0 Å². The minimum absolute atomic E-state index is 0.123. The Morgan fingerprint density at radius 1 is 1.42 bits per heavy atom. The van der Waals surface area contributed by atoms with Crippen molar-refractivity contribution < 1.29 is 9.45 Å². The first kappa shape index (κ1) is 13.0. The number of aryl methyl sites for hydroxylation is 2. The predicted molar refractivity (Wildman–Crippen MR) is 69.1 cm³/mol. The molecule has 100 valence electrons. The fraction of sp³-hybridized carbons (Fsp3) is 0.333. The summed E-state index contributed by atoms with van der Waals surface area (Å²) in [4.78, 5) is 14.4. The SMILES string of the molecule is Cc1noc(CCNc2ccc([N+](=O)[O-])c(C)c2)n1. The second kappa shape index (κ2) is 5.47. The molecule has 0 saturated carbocycles. The maximum Gasteiger partial charge on any atom is 0.272 e. The predicted octanol–water partition coefficient (Wildman–Crippen LogP) is 2.25. The summed E-state index contributed by atoms with van der Waals surface area (Å²) in [5.74, 6) is 1.19. The first-order valence-corrected chi connectivity index (χ1v) is 5.84. The van der Waals surface area contributed by atoms with Gasteiger partial charge in [-0.15, -0.1) is 0 Å². The van der Waals surface area contributed by atoms with Gasteiger partial charge in [-0.1, -0.05) is 5.16 Å². The van der Waals surface area contributed by atoms with Crippen LogP contribution in [0.1, 0.15) is 17.3 Å². The van der Waals surface area contributed by atoms with Crippen LogP contribution in [0.5, 0.6) is 0 Å². The number of aromatic nitrogens is 2. The molecule has 0 fully saturated rings. The number of rotatable bonds is 5. The van der Waals surface area contributed by atoms with Crippen LogP contribution in [0.2, 0.25) is 0 Å². The first-order chi connectivity index (χ1) is 9.06. The standard InChI is InChI=1S/C12H14N4O3/c1-8-7-10(3-4-11(8)16(17)18)13-6-5-12-14-9(2)15-19-12/h3-4,7,13H,5-6H2,1-2H3. The van der Waals surface area contributed by atoms with Gasteiger partial charge in [-0.3, -0.25) is 10.1 Å². The van der Waals surface area contributed by atoms with Crippen molar-refractivity contribution in [3.8, 4) is 0 Å². The molecule has 0 spiro atoms. The van der Waals surface area contributed by atoms with Crippen molar-refractivity contribution in [1.29, 1.82) is 0 Å². The van der Waals surface area contributed by atoms with E-state index in [0.717, 1.165) is 5.69 Å². The molecule has 0 aliphatic carbocycles. The Labute approximate surface area is 109 Å². The van der Waals surface area contributed by atoms with Crippen LogP contribution in [-0.4, -0.2) is 21.6 Å². The van der Waals surface area contributed by atoms with Crippen molar-refractivity contribution in [2.75, 3.05) is 11.9 Å². The monoisotopic (exact) mass is 262 g/mol. The maximum absolute atomic E-state index is 10.7. The lowest BCUT2D eigenvalue weighted by atomic mass is 10.2. The molecule has 0 aliphatic heterocycles. The Kier molecular flexibility index (Phi) is 3.74. The van der Waals surface area contributed by atoms with Crippen LogP contribution in [0.4, 0.5) is 11.4 Å². The van der Waals surface area contributed by atoms with Crippen molar-refractivity contribution in [2.45, 2.75) is 20.3 Å². The summed E-state index contributed by atoms with van der Waals surface area (Å²) in [5.41, 5.74) is 1.58. The Bertz CT molecular complexity index is 594. The van der Waals surface area contributed by atoms with Crippen LogP contribution >= 0.6 is 0 Å². The van der Waals surface area contributed by atoms with Crippen molar-refractivity contribution in [2.24, 2.45) is 0 Å². The van der Waals surface area contributed by atoms with Crippen molar-refractivity contribution >= 4 is 11.4 Å². The fourth-order valence-electron chi connectivity index (χ4n) is 1.73. The van der Waals surface area contributed by atoms with Crippen LogP contribution in [0, 0.1) is 24.0 Å². The third-order valence-corrected chi connectivity index (χ3v) is 2.63. The first-order valence-electron chi connectivity index (χ1n) is 5.84. The Morgan fingerprint density at radius 3 is 2.79 bits per heavy atom. The van der Waals surface area contributed by atoms with E-state index >= 15 is 0 Å². The molecule has 0 saturated heterocycles. The molecule has 0 radical (unpaired) electrons. The van der Waals surface area contributed by atoms with Gasteiger partial charge in [-0.25, -0.2) is 0 Å². The molecule has 0 unspecified atom stereocenters. The van der Waals surface area contributed by atoms with E-state index in [4.69, 9.17) is 4.52 Å². The van der Waals surface area contributed by atoms with Gasteiger partial charge in [0.25, 0.3) is 5.69 Å². The van der Waals surface area contributed by atoms with E-state index in [2.05, 4.69) is 15.5 Å². The van der Waals surface area contributed by atoms with E-state index in [1.165, 1.54) is 6.07 Å². The summed E-state index contributed by atoms with van der Waals surface area (Å²) >= 11 is 0. The maximum atomic E-state index is 10.7. The molecule has 0 bridgehead atoms. The molecule has 2 aromatic rings. The average molecular weight is 262 g/mol. The molecule has 0 aliphatic rings. The molecular weight excluding hydrogens is 248 g/mol. The largest absolute Gasteiger partial charge is 0.385 e. The molecule has 1 aromatic carbocycles. The summed E-state index contributed by atoms with van der Waals surface area (Å²) < 4.78 is 4.99. The number of benzene rings is 1. The topological polar surface area (TPSA) is 94.1 Å². The third-order valence-electron chi connectivity index (χ3n) is 2.63. The Hall–Kier alpha value is -2.44. The van der Waals surface area contributed by atoms with Gasteiger partial charge >= 0.3 is 0 Å². The van der Waals surface area contributed by atoms with Crippen molar-refractivity contribution in [3.05, 3.63) is 45.6 Å². The molecule has 1 heterocycles. The van der Waals surface area contributed by atoms with Gasteiger partial charge in [-0.2, -0.15) is 4.98 Å². The van der Waals surface area contributed by atoms with E-state index in [9.17, 15) is 10.1 Å². The minimum atomic E-state index is -0.389. The van der Waals surface area contributed by atoms with Gasteiger partial charge in [0.1, 0.15) is 0 Å². The molecule has 1 N–H and O–H groups in total. The van der Waals surface area contributed by atoms with Crippen LogP contribution in [0.25, 0.3) is 0 Å². The number of anilines is 1. The third kappa shape index (κ3) is 3.27. The van der Waals surface area contributed by atoms with Gasteiger partial charge in [0, 0.05) is 30.3 Å². The number of nitro benzene ring substituents is 1. The van der Waals surface area contributed by atoms with Gasteiger partial charge in [-0.05, 0) is 26.0 Å². The van der Waals surface area contributed by atoms with Crippen molar-refractivity contribution in [1.82, 2.24) is 10.1 Å². The highest BCUT2D eigenvalue weighted by Gasteiger charge is 2.10. The van der Waals surface area contributed by atoms with E-state index < -0.39 is 0 Å². The van der Waals surface area contributed by atoms with Gasteiger partial charge in [0.2, 0.25) is 5.89 Å².